The highest BCUT2D eigenvalue weighted by Gasteiger charge is 2.25. The van der Waals surface area contributed by atoms with Crippen LogP contribution in [0.5, 0.6) is 11.5 Å². The first-order valence-electron chi connectivity index (χ1n) is 9.03. The number of aromatic nitrogens is 2. The van der Waals surface area contributed by atoms with E-state index in [9.17, 15) is 9.59 Å². The number of carbonyl (C=O) groups excluding carboxylic acids is 2. The molecule has 0 fully saturated rings. The van der Waals surface area contributed by atoms with E-state index in [0.717, 1.165) is 29.2 Å². The molecule has 9 heteroatoms. The highest BCUT2D eigenvalue weighted by molar-refractivity contribution is 7.98. The topological polar surface area (TPSA) is 94.5 Å². The van der Waals surface area contributed by atoms with Gasteiger partial charge in [0.25, 0.3) is 5.91 Å². The van der Waals surface area contributed by atoms with Crippen LogP contribution in [0.15, 0.2) is 18.2 Å². The van der Waals surface area contributed by atoms with Crippen LogP contribution in [0.1, 0.15) is 35.0 Å². The molecule has 0 atom stereocenters. The summed E-state index contributed by atoms with van der Waals surface area (Å²) >= 11 is 1.73. The molecule has 2 aromatic rings. The second kappa shape index (κ2) is 9.01. The van der Waals surface area contributed by atoms with E-state index in [0.29, 0.717) is 29.4 Å². The number of anilines is 1. The van der Waals surface area contributed by atoms with Gasteiger partial charge in [-0.15, -0.1) is 0 Å². The molecule has 3 rings (SSSR count). The van der Waals surface area contributed by atoms with Crippen LogP contribution in [-0.2, 0) is 22.8 Å². The lowest BCUT2D eigenvalue weighted by atomic mass is 10.2. The summed E-state index contributed by atoms with van der Waals surface area (Å²) in [5.74, 6) is 2.70. The molecule has 2 amide bonds. The average molecular weight is 404 g/mol. The molecule has 0 spiro atoms. The van der Waals surface area contributed by atoms with E-state index < -0.39 is 0 Å². The van der Waals surface area contributed by atoms with Crippen LogP contribution in [0.25, 0.3) is 0 Å². The Morgan fingerprint density at radius 1 is 1.18 bits per heavy atom. The monoisotopic (exact) mass is 404 g/mol. The van der Waals surface area contributed by atoms with Crippen molar-refractivity contribution in [2.75, 3.05) is 26.1 Å². The van der Waals surface area contributed by atoms with Gasteiger partial charge in [-0.05, 0) is 18.6 Å². The molecule has 8 nitrogen and oxygen atoms in total. The number of rotatable bonds is 8. The van der Waals surface area contributed by atoms with Crippen LogP contribution in [-0.4, -0.2) is 42.4 Å². The zero-order chi connectivity index (χ0) is 20.1. The Hall–Kier alpha value is -2.68. The Morgan fingerprint density at radius 2 is 1.89 bits per heavy atom. The van der Waals surface area contributed by atoms with E-state index in [2.05, 4.69) is 15.7 Å². The fourth-order valence-electron chi connectivity index (χ4n) is 2.89. The van der Waals surface area contributed by atoms with Crippen LogP contribution >= 0.6 is 11.8 Å². The van der Waals surface area contributed by atoms with E-state index in [1.54, 1.807) is 34.6 Å². The zero-order valence-electron chi connectivity index (χ0n) is 16.2. The van der Waals surface area contributed by atoms with Gasteiger partial charge in [0.1, 0.15) is 23.9 Å². The lowest BCUT2D eigenvalue weighted by Crippen LogP contribution is -2.29. The number of hydrogen-bond acceptors (Lipinski definition) is 6. The molecule has 1 aliphatic heterocycles. The van der Waals surface area contributed by atoms with Crippen molar-refractivity contribution in [3.05, 3.63) is 35.0 Å². The van der Waals surface area contributed by atoms with Crippen LogP contribution in [0.3, 0.4) is 0 Å². The standard InChI is InChI=1S/C19H24N4O4S/c1-4-5-20-17(24)9-23-18(15-10-28-11-16(15)22-23)21-19(25)12-6-13(26-2)8-14(7-12)27-3/h6-8H,4-5,9-11H2,1-3H3,(H,20,24)(H,21,25). The fourth-order valence-corrected chi connectivity index (χ4v) is 3.93. The van der Waals surface area contributed by atoms with E-state index in [4.69, 9.17) is 9.47 Å². The van der Waals surface area contributed by atoms with E-state index in [1.165, 1.54) is 14.2 Å². The first-order valence-corrected chi connectivity index (χ1v) is 10.2. The summed E-state index contributed by atoms with van der Waals surface area (Å²) in [6, 6.07) is 4.98. The number of fused-ring (bicyclic) bond motifs is 1. The van der Waals surface area contributed by atoms with Crippen LogP contribution in [0.4, 0.5) is 5.82 Å². The van der Waals surface area contributed by atoms with Crippen molar-refractivity contribution in [1.29, 1.82) is 0 Å². The number of carbonyl (C=O) groups is 2. The molecule has 2 N–H and O–H groups in total. The Balaban J connectivity index is 1.85. The van der Waals surface area contributed by atoms with Gasteiger partial charge in [0.2, 0.25) is 5.91 Å². The molecule has 1 aromatic carbocycles. The van der Waals surface area contributed by atoms with Crippen molar-refractivity contribution in [2.45, 2.75) is 31.4 Å². The van der Waals surface area contributed by atoms with Gasteiger partial charge in [-0.25, -0.2) is 4.68 Å². The molecule has 150 valence electrons. The summed E-state index contributed by atoms with van der Waals surface area (Å²) in [6.45, 7) is 2.67. The molecule has 1 aromatic heterocycles. The first-order chi connectivity index (χ1) is 13.5. The van der Waals surface area contributed by atoms with E-state index >= 15 is 0 Å². The van der Waals surface area contributed by atoms with Crippen LogP contribution in [0.2, 0.25) is 0 Å². The normalized spacial score (nSPS) is 12.4. The molecule has 0 unspecified atom stereocenters. The van der Waals surface area contributed by atoms with Gasteiger partial charge < -0.3 is 20.1 Å². The van der Waals surface area contributed by atoms with Gasteiger partial charge in [-0.3, -0.25) is 9.59 Å². The average Bonchev–Trinajstić information content (AvgIpc) is 3.28. The maximum atomic E-state index is 12.9. The lowest BCUT2D eigenvalue weighted by molar-refractivity contribution is -0.121. The number of thioether (sulfide) groups is 1. The van der Waals surface area contributed by atoms with Crippen LogP contribution < -0.4 is 20.1 Å². The van der Waals surface area contributed by atoms with Crippen molar-refractivity contribution in [3.8, 4) is 11.5 Å². The predicted molar refractivity (Wildman–Crippen MR) is 108 cm³/mol. The number of amides is 2. The molecular weight excluding hydrogens is 380 g/mol. The molecule has 0 bridgehead atoms. The van der Waals surface area contributed by atoms with Crippen molar-refractivity contribution in [1.82, 2.24) is 15.1 Å². The third-order valence-corrected chi connectivity index (χ3v) is 5.30. The van der Waals surface area contributed by atoms with Crippen LogP contribution in [0, 0.1) is 0 Å². The number of methoxy groups -OCH3 is 2. The minimum atomic E-state index is -0.313. The molecule has 1 aliphatic rings. The maximum Gasteiger partial charge on any atom is 0.257 e. The molecule has 0 radical (unpaired) electrons. The molecule has 0 saturated heterocycles. The second-order valence-corrected chi connectivity index (χ2v) is 7.32. The van der Waals surface area contributed by atoms with Gasteiger partial charge in [0, 0.05) is 35.2 Å². The highest BCUT2D eigenvalue weighted by atomic mass is 32.2. The zero-order valence-corrected chi connectivity index (χ0v) is 17.0. The molecular formula is C19H24N4O4S. The van der Waals surface area contributed by atoms with Gasteiger partial charge in [0.05, 0.1) is 19.9 Å². The summed E-state index contributed by atoms with van der Waals surface area (Å²) in [7, 11) is 3.06. The third kappa shape index (κ3) is 4.41. The number of benzene rings is 1. The minimum Gasteiger partial charge on any atom is -0.497 e. The smallest absolute Gasteiger partial charge is 0.257 e. The van der Waals surface area contributed by atoms with E-state index in [-0.39, 0.29) is 18.4 Å². The predicted octanol–water partition coefficient (Wildman–Crippen LogP) is 2.43. The van der Waals surface area contributed by atoms with Gasteiger partial charge >= 0.3 is 0 Å². The first kappa shape index (κ1) is 20.1. The number of nitrogens with zero attached hydrogens (tertiary/aromatic N) is 2. The maximum absolute atomic E-state index is 12.9. The Bertz CT molecular complexity index is 859. The summed E-state index contributed by atoms with van der Waals surface area (Å²) in [5, 5.41) is 10.3. The van der Waals surface area contributed by atoms with Crippen molar-refractivity contribution in [3.63, 3.8) is 0 Å². The number of ether oxygens (including phenoxy) is 2. The van der Waals surface area contributed by atoms with Crippen molar-refractivity contribution < 1.29 is 19.1 Å². The Labute approximate surface area is 168 Å². The largest absolute Gasteiger partial charge is 0.497 e. The van der Waals surface area contributed by atoms with Gasteiger partial charge in [0.15, 0.2) is 0 Å². The van der Waals surface area contributed by atoms with Crippen molar-refractivity contribution in [2.24, 2.45) is 0 Å². The van der Waals surface area contributed by atoms with Crippen molar-refractivity contribution >= 4 is 29.4 Å². The fraction of sp³-hybridized carbons (Fsp3) is 0.421. The number of nitrogens with one attached hydrogen (secondary N) is 2. The minimum absolute atomic E-state index is 0.0642. The lowest BCUT2D eigenvalue weighted by Gasteiger charge is -2.12. The summed E-state index contributed by atoms with van der Waals surface area (Å²) in [6.07, 6.45) is 0.860. The van der Waals surface area contributed by atoms with Gasteiger partial charge in [-0.1, -0.05) is 6.92 Å². The Morgan fingerprint density at radius 3 is 2.54 bits per heavy atom. The summed E-state index contributed by atoms with van der Waals surface area (Å²) in [5.41, 5.74) is 2.28. The highest BCUT2D eigenvalue weighted by Crippen LogP contribution is 2.35. The molecule has 0 aliphatic carbocycles. The molecule has 2 heterocycles. The quantitative estimate of drug-likeness (QED) is 0.702. The van der Waals surface area contributed by atoms with E-state index in [1.807, 2.05) is 6.92 Å². The third-order valence-electron chi connectivity index (χ3n) is 4.33. The molecule has 28 heavy (non-hydrogen) atoms. The molecule has 0 saturated carbocycles. The summed E-state index contributed by atoms with van der Waals surface area (Å²) in [4.78, 5) is 25.0. The summed E-state index contributed by atoms with van der Waals surface area (Å²) < 4.78 is 12.0. The van der Waals surface area contributed by atoms with Gasteiger partial charge in [-0.2, -0.15) is 16.9 Å². The second-order valence-electron chi connectivity index (χ2n) is 6.33. The number of hydrogen-bond donors (Lipinski definition) is 2. The SMILES string of the molecule is CCCNC(=O)Cn1nc2c(c1NC(=O)c1cc(OC)cc(OC)c1)CSC2. The Kier molecular flexibility index (Phi) is 6.45.